The van der Waals surface area contributed by atoms with Crippen molar-refractivity contribution >= 4 is 19.3 Å². The van der Waals surface area contributed by atoms with Gasteiger partial charge in [0.05, 0.1) is 11.2 Å². The molecule has 1 fully saturated rings. The first-order chi connectivity index (χ1) is 18.5. The minimum absolute atomic E-state index is 0.0131. The molecule has 5 nitrogen and oxygen atoms in total. The maximum absolute atomic E-state index is 13.0. The molecule has 1 saturated heterocycles. The summed E-state index contributed by atoms with van der Waals surface area (Å²) in [7, 11) is -0.580. The van der Waals surface area contributed by atoms with E-state index in [1.807, 2.05) is 52.0 Å². The topological polar surface area (TPSA) is 56.8 Å². The summed E-state index contributed by atoms with van der Waals surface area (Å²) >= 11 is 0. The molecule has 0 atom stereocenters. The zero-order chi connectivity index (χ0) is 27.9. The van der Waals surface area contributed by atoms with Crippen LogP contribution in [0.3, 0.4) is 0 Å². The maximum atomic E-state index is 13.0. The number of nitrogens with one attached hydrogen (secondary N) is 1. The van der Waals surface area contributed by atoms with E-state index in [9.17, 15) is 4.79 Å². The molecular formula is C33H38BNO4. The molecule has 1 N–H and O–H groups in total. The van der Waals surface area contributed by atoms with E-state index in [1.54, 1.807) is 0 Å². The van der Waals surface area contributed by atoms with Crippen molar-refractivity contribution in [1.29, 1.82) is 0 Å². The second kappa shape index (κ2) is 10.3. The Labute approximate surface area is 232 Å². The van der Waals surface area contributed by atoms with Crippen LogP contribution in [0.5, 0.6) is 0 Å². The number of rotatable bonds is 6. The number of hydrogen-bond acceptors (Lipinski definition) is 4. The van der Waals surface area contributed by atoms with Crippen LogP contribution in [0, 0.1) is 20.8 Å². The summed E-state index contributed by atoms with van der Waals surface area (Å²) in [5.74, 6) is 0.0131. The van der Waals surface area contributed by atoms with Gasteiger partial charge < -0.3 is 19.4 Å². The fraction of sp³-hybridized carbons (Fsp3) is 0.364. The molecule has 1 amide bonds. The summed E-state index contributed by atoms with van der Waals surface area (Å²) in [6.45, 7) is 15.0. The van der Waals surface area contributed by atoms with Gasteiger partial charge >= 0.3 is 13.2 Å². The van der Waals surface area contributed by atoms with E-state index < -0.39 is 24.4 Å². The van der Waals surface area contributed by atoms with E-state index in [4.69, 9.17) is 14.0 Å². The van der Waals surface area contributed by atoms with E-state index >= 15 is 0 Å². The van der Waals surface area contributed by atoms with Gasteiger partial charge in [-0.05, 0) is 92.9 Å². The normalized spacial score (nSPS) is 17.6. The molecule has 202 valence electrons. The summed E-state index contributed by atoms with van der Waals surface area (Å²) in [5, 5.41) is 2.97. The van der Waals surface area contributed by atoms with Crippen LogP contribution < -0.4 is 5.32 Å². The first kappa shape index (κ1) is 27.2. The third-order valence-corrected chi connectivity index (χ3v) is 8.40. The van der Waals surface area contributed by atoms with E-state index in [-0.39, 0.29) is 19.1 Å². The lowest BCUT2D eigenvalue weighted by atomic mass is 9.76. The van der Waals surface area contributed by atoms with Gasteiger partial charge in [0.1, 0.15) is 6.61 Å². The lowest BCUT2D eigenvalue weighted by molar-refractivity contribution is 0.00578. The van der Waals surface area contributed by atoms with Crippen molar-refractivity contribution in [2.75, 3.05) is 13.2 Å². The van der Waals surface area contributed by atoms with Gasteiger partial charge in [-0.25, -0.2) is 4.79 Å². The Kier molecular flexibility index (Phi) is 7.21. The van der Waals surface area contributed by atoms with Crippen molar-refractivity contribution < 1.29 is 18.8 Å². The van der Waals surface area contributed by atoms with Crippen LogP contribution in [0.4, 0.5) is 4.79 Å². The molecule has 5 rings (SSSR count). The highest BCUT2D eigenvalue weighted by atomic mass is 16.7. The molecule has 0 bridgehead atoms. The average Bonchev–Trinajstić information content (AvgIpc) is 3.31. The van der Waals surface area contributed by atoms with E-state index in [0.29, 0.717) is 0 Å². The molecule has 3 aromatic rings. The Bertz CT molecular complexity index is 1360. The van der Waals surface area contributed by atoms with Crippen molar-refractivity contribution in [1.82, 2.24) is 5.32 Å². The summed E-state index contributed by atoms with van der Waals surface area (Å²) < 4.78 is 18.5. The molecule has 1 heterocycles. The van der Waals surface area contributed by atoms with Gasteiger partial charge in [-0.2, -0.15) is 0 Å². The lowest BCUT2D eigenvalue weighted by Gasteiger charge is -2.32. The molecule has 6 heteroatoms. The summed E-state index contributed by atoms with van der Waals surface area (Å²) in [6, 6.07) is 21.0. The zero-order valence-corrected chi connectivity index (χ0v) is 24.1. The van der Waals surface area contributed by atoms with Gasteiger partial charge in [-0.3, -0.25) is 0 Å². The van der Waals surface area contributed by atoms with Gasteiger partial charge in [0.15, 0.2) is 0 Å². The Morgan fingerprint density at radius 1 is 0.897 bits per heavy atom. The van der Waals surface area contributed by atoms with Gasteiger partial charge in [0, 0.05) is 12.5 Å². The Morgan fingerprint density at radius 3 is 1.95 bits per heavy atom. The number of aryl methyl sites for hydroxylation is 3. The maximum Gasteiger partial charge on any atom is 0.492 e. The highest BCUT2D eigenvalue weighted by Gasteiger charge is 2.52. The molecule has 0 saturated carbocycles. The lowest BCUT2D eigenvalue weighted by Crippen LogP contribution is -2.41. The van der Waals surface area contributed by atoms with Gasteiger partial charge in [0.25, 0.3) is 0 Å². The number of alkyl carbamates (subject to hydrolysis) is 1. The van der Waals surface area contributed by atoms with E-state index in [2.05, 4.69) is 68.6 Å². The first-order valence-electron chi connectivity index (χ1n) is 13.7. The number of benzene rings is 3. The number of fused-ring (bicyclic) bond motifs is 3. The largest absolute Gasteiger partial charge is 0.492 e. The summed E-state index contributed by atoms with van der Waals surface area (Å²) in [5.41, 5.74) is 9.33. The second-order valence-corrected chi connectivity index (χ2v) is 11.8. The van der Waals surface area contributed by atoms with Crippen molar-refractivity contribution in [2.24, 2.45) is 0 Å². The van der Waals surface area contributed by atoms with Crippen molar-refractivity contribution in [2.45, 2.75) is 65.6 Å². The fourth-order valence-electron chi connectivity index (χ4n) is 5.62. The third-order valence-electron chi connectivity index (χ3n) is 8.40. The molecule has 2 aliphatic rings. The zero-order valence-electron chi connectivity index (χ0n) is 24.1. The van der Waals surface area contributed by atoms with Crippen LogP contribution in [0.15, 0.2) is 66.1 Å². The Hall–Kier alpha value is -3.35. The predicted molar refractivity (Wildman–Crippen MR) is 158 cm³/mol. The molecular weight excluding hydrogens is 485 g/mol. The van der Waals surface area contributed by atoms with Crippen LogP contribution in [-0.4, -0.2) is 37.6 Å². The van der Waals surface area contributed by atoms with Gasteiger partial charge in [-0.15, -0.1) is 0 Å². The van der Waals surface area contributed by atoms with Crippen LogP contribution in [0.2, 0.25) is 0 Å². The van der Waals surface area contributed by atoms with Gasteiger partial charge in [0.2, 0.25) is 0 Å². The number of carbonyl (C=O) groups excluding carboxylic acids is 1. The Morgan fingerprint density at radius 2 is 1.41 bits per heavy atom. The van der Waals surface area contributed by atoms with Crippen LogP contribution in [0.1, 0.15) is 67.0 Å². The minimum atomic E-state index is -0.580. The minimum Gasteiger partial charge on any atom is -0.449 e. The predicted octanol–water partition coefficient (Wildman–Crippen LogP) is 7.17. The fourth-order valence-corrected chi connectivity index (χ4v) is 5.62. The highest BCUT2D eigenvalue weighted by molar-refractivity contribution is 6.56. The molecule has 1 aliphatic carbocycles. The van der Waals surface area contributed by atoms with E-state index in [0.717, 1.165) is 11.0 Å². The molecule has 0 radical (unpaired) electrons. The van der Waals surface area contributed by atoms with Crippen LogP contribution in [-0.2, 0) is 14.0 Å². The highest BCUT2D eigenvalue weighted by Crippen LogP contribution is 2.44. The number of hydrogen-bond donors (Lipinski definition) is 1. The molecule has 3 aromatic carbocycles. The molecule has 0 spiro atoms. The Balaban J connectivity index is 1.33. The van der Waals surface area contributed by atoms with Crippen molar-refractivity contribution in [3.8, 4) is 11.1 Å². The average molecular weight is 523 g/mol. The van der Waals surface area contributed by atoms with Crippen LogP contribution in [0.25, 0.3) is 17.2 Å². The molecule has 0 aromatic heterocycles. The van der Waals surface area contributed by atoms with E-state index in [1.165, 1.54) is 38.9 Å². The van der Waals surface area contributed by atoms with Gasteiger partial charge in [-0.1, -0.05) is 72.3 Å². The standard InChI is InChI=1S/C33H38BNO4/c1-21-16-22(2)29(23(3)17-21)18-24(34-38-32(4,5)33(6,7)39-34)19-35-31(36)37-20-30-27-14-10-8-12-25(27)26-13-9-11-15-28(26)30/h8-18,30H,19-20H2,1-7H3,(H,35,36). The monoisotopic (exact) mass is 523 g/mol. The number of amides is 1. The van der Waals surface area contributed by atoms with Crippen molar-refractivity contribution in [3.63, 3.8) is 0 Å². The first-order valence-corrected chi connectivity index (χ1v) is 13.7. The quantitative estimate of drug-likeness (QED) is 0.348. The number of ether oxygens (including phenoxy) is 1. The third kappa shape index (κ3) is 5.28. The number of carbonyl (C=O) groups is 1. The SMILES string of the molecule is Cc1cc(C)c(C=C(CNC(=O)OCC2c3ccccc3-c3ccccc32)B2OC(C)(C)C(C)(C)O2)c(C)c1. The molecule has 39 heavy (non-hydrogen) atoms. The summed E-state index contributed by atoms with van der Waals surface area (Å²) in [4.78, 5) is 13.0. The molecule has 0 unspecified atom stereocenters. The smallest absolute Gasteiger partial charge is 0.449 e. The second-order valence-electron chi connectivity index (χ2n) is 11.8. The summed E-state index contributed by atoms with van der Waals surface area (Å²) in [6.07, 6.45) is 1.63. The van der Waals surface area contributed by atoms with Crippen molar-refractivity contribution in [3.05, 3.63) is 99.5 Å². The molecule has 1 aliphatic heterocycles. The van der Waals surface area contributed by atoms with Crippen LogP contribution >= 0.6 is 0 Å².